The predicted molar refractivity (Wildman–Crippen MR) is 82.9 cm³/mol. The SMILES string of the molecule is CCC(CC)C(C)n1c(CCCl)nc2c(F)cc(F)cc21. The molecule has 1 heterocycles. The first-order chi connectivity index (χ1) is 10.0. The summed E-state index contributed by atoms with van der Waals surface area (Å²) in [6.07, 6.45) is 2.56. The number of aromatic nitrogens is 2. The number of hydrogen-bond donors (Lipinski definition) is 0. The van der Waals surface area contributed by atoms with Crippen molar-refractivity contribution in [3.05, 3.63) is 29.6 Å². The molecule has 0 bridgehead atoms. The van der Waals surface area contributed by atoms with E-state index in [2.05, 4.69) is 25.8 Å². The maximum atomic E-state index is 14.0. The third-order valence-corrected chi connectivity index (χ3v) is 4.43. The van der Waals surface area contributed by atoms with Gasteiger partial charge in [0.25, 0.3) is 0 Å². The van der Waals surface area contributed by atoms with Crippen LogP contribution in [0.15, 0.2) is 12.1 Å². The summed E-state index contributed by atoms with van der Waals surface area (Å²) in [4.78, 5) is 4.35. The summed E-state index contributed by atoms with van der Waals surface area (Å²) in [6.45, 7) is 6.34. The van der Waals surface area contributed by atoms with Crippen LogP contribution < -0.4 is 0 Å². The molecule has 0 aliphatic rings. The predicted octanol–water partition coefficient (Wildman–Crippen LogP) is 5.09. The van der Waals surface area contributed by atoms with Crippen LogP contribution >= 0.6 is 11.6 Å². The second-order valence-electron chi connectivity index (χ2n) is 5.41. The van der Waals surface area contributed by atoms with Gasteiger partial charge in [-0.2, -0.15) is 0 Å². The van der Waals surface area contributed by atoms with E-state index in [9.17, 15) is 8.78 Å². The molecule has 0 saturated carbocycles. The number of halogens is 3. The van der Waals surface area contributed by atoms with E-state index in [4.69, 9.17) is 11.6 Å². The first-order valence-corrected chi connectivity index (χ1v) is 7.98. The fourth-order valence-electron chi connectivity index (χ4n) is 3.07. The van der Waals surface area contributed by atoms with E-state index in [-0.39, 0.29) is 11.6 Å². The molecular formula is C16H21ClF2N2. The second kappa shape index (κ2) is 6.73. The Hall–Kier alpha value is -1.16. The zero-order chi connectivity index (χ0) is 15.6. The lowest BCUT2D eigenvalue weighted by Crippen LogP contribution is -2.18. The maximum Gasteiger partial charge on any atom is 0.153 e. The quantitative estimate of drug-likeness (QED) is 0.679. The van der Waals surface area contributed by atoms with E-state index in [1.807, 2.05) is 4.57 Å². The van der Waals surface area contributed by atoms with Crippen LogP contribution in [-0.2, 0) is 6.42 Å². The number of fused-ring (bicyclic) bond motifs is 1. The topological polar surface area (TPSA) is 17.8 Å². The first-order valence-electron chi connectivity index (χ1n) is 7.45. The number of imidazole rings is 1. The minimum Gasteiger partial charge on any atom is -0.325 e. The van der Waals surface area contributed by atoms with E-state index < -0.39 is 11.6 Å². The molecule has 2 aromatic rings. The van der Waals surface area contributed by atoms with Crippen molar-refractivity contribution in [2.24, 2.45) is 5.92 Å². The zero-order valence-electron chi connectivity index (χ0n) is 12.7. The lowest BCUT2D eigenvalue weighted by atomic mass is 9.95. The van der Waals surface area contributed by atoms with Crippen molar-refractivity contribution in [3.8, 4) is 0 Å². The molecule has 2 nitrogen and oxygen atoms in total. The van der Waals surface area contributed by atoms with Gasteiger partial charge in [-0.05, 0) is 18.9 Å². The van der Waals surface area contributed by atoms with Crippen molar-refractivity contribution in [1.82, 2.24) is 9.55 Å². The Labute approximate surface area is 129 Å². The van der Waals surface area contributed by atoms with Crippen LogP contribution in [0.2, 0.25) is 0 Å². The van der Waals surface area contributed by atoms with Crippen LogP contribution in [0.4, 0.5) is 8.78 Å². The molecule has 0 amide bonds. The van der Waals surface area contributed by atoms with E-state index in [0.717, 1.165) is 24.7 Å². The largest absolute Gasteiger partial charge is 0.325 e. The number of benzene rings is 1. The Bertz CT molecular complexity index is 620. The maximum absolute atomic E-state index is 14.0. The van der Waals surface area contributed by atoms with Gasteiger partial charge in [-0.1, -0.05) is 26.7 Å². The van der Waals surface area contributed by atoms with E-state index >= 15 is 0 Å². The van der Waals surface area contributed by atoms with Crippen molar-refractivity contribution in [2.45, 2.75) is 46.1 Å². The normalized spacial score (nSPS) is 13.3. The highest BCUT2D eigenvalue weighted by Crippen LogP contribution is 2.31. The van der Waals surface area contributed by atoms with Gasteiger partial charge in [-0.3, -0.25) is 0 Å². The van der Waals surface area contributed by atoms with Crippen LogP contribution in [0.3, 0.4) is 0 Å². The van der Waals surface area contributed by atoms with Crippen LogP contribution in [0.1, 0.15) is 45.5 Å². The minimum atomic E-state index is -0.615. The third-order valence-electron chi connectivity index (χ3n) is 4.24. The van der Waals surface area contributed by atoms with Gasteiger partial charge < -0.3 is 4.57 Å². The molecule has 0 fully saturated rings. The molecule has 0 aliphatic carbocycles. The highest BCUT2D eigenvalue weighted by molar-refractivity contribution is 6.17. The average molecular weight is 315 g/mol. The van der Waals surface area contributed by atoms with Crippen molar-refractivity contribution < 1.29 is 8.78 Å². The first kappa shape index (κ1) is 16.2. The molecule has 0 aliphatic heterocycles. The summed E-state index contributed by atoms with van der Waals surface area (Å²) in [5.74, 6) is 0.377. The van der Waals surface area contributed by atoms with Crippen LogP contribution in [-0.4, -0.2) is 15.4 Å². The Morgan fingerprint density at radius 1 is 1.24 bits per heavy atom. The number of aryl methyl sites for hydroxylation is 1. The Morgan fingerprint density at radius 2 is 1.90 bits per heavy atom. The summed E-state index contributed by atoms with van der Waals surface area (Å²) in [7, 11) is 0. The van der Waals surface area contributed by atoms with E-state index in [1.54, 1.807) is 0 Å². The molecule has 2 rings (SSSR count). The molecule has 1 aromatic carbocycles. The molecule has 1 aromatic heterocycles. The third kappa shape index (κ3) is 3.05. The van der Waals surface area contributed by atoms with Gasteiger partial charge in [0, 0.05) is 24.4 Å². The summed E-state index contributed by atoms with van der Waals surface area (Å²) >= 11 is 5.84. The fourth-order valence-corrected chi connectivity index (χ4v) is 3.23. The van der Waals surface area contributed by atoms with Crippen molar-refractivity contribution >= 4 is 22.6 Å². The van der Waals surface area contributed by atoms with Gasteiger partial charge in [0.15, 0.2) is 5.82 Å². The smallest absolute Gasteiger partial charge is 0.153 e. The van der Waals surface area contributed by atoms with Gasteiger partial charge in [-0.15, -0.1) is 11.6 Å². The molecule has 1 unspecified atom stereocenters. The number of nitrogens with zero attached hydrogens (tertiary/aromatic N) is 2. The molecular weight excluding hydrogens is 294 g/mol. The molecule has 0 saturated heterocycles. The Kier molecular flexibility index (Phi) is 5.20. The molecule has 1 atom stereocenters. The monoisotopic (exact) mass is 314 g/mol. The molecule has 5 heteroatoms. The highest BCUT2D eigenvalue weighted by atomic mass is 35.5. The highest BCUT2D eigenvalue weighted by Gasteiger charge is 2.23. The van der Waals surface area contributed by atoms with Crippen LogP contribution in [0.25, 0.3) is 11.0 Å². The zero-order valence-corrected chi connectivity index (χ0v) is 13.4. The van der Waals surface area contributed by atoms with Gasteiger partial charge >= 0.3 is 0 Å². The minimum absolute atomic E-state index is 0.129. The average Bonchev–Trinajstić information content (AvgIpc) is 2.79. The standard InChI is InChI=1S/C16H21ClF2N2/c1-4-11(5-2)10(3)21-14-9-12(18)8-13(19)16(14)20-15(21)6-7-17/h8-11H,4-7H2,1-3H3. The van der Waals surface area contributed by atoms with Gasteiger partial charge in [0.1, 0.15) is 17.2 Å². The molecule has 0 spiro atoms. The fraction of sp³-hybridized carbons (Fsp3) is 0.562. The van der Waals surface area contributed by atoms with E-state index in [0.29, 0.717) is 23.7 Å². The van der Waals surface area contributed by atoms with Crippen molar-refractivity contribution in [3.63, 3.8) is 0 Å². The summed E-state index contributed by atoms with van der Waals surface area (Å²) in [5, 5.41) is 0. The molecule has 0 N–H and O–H groups in total. The lowest BCUT2D eigenvalue weighted by molar-refractivity contribution is 0.333. The molecule has 116 valence electrons. The molecule has 21 heavy (non-hydrogen) atoms. The van der Waals surface area contributed by atoms with Crippen LogP contribution in [0, 0.1) is 17.6 Å². The van der Waals surface area contributed by atoms with Crippen LogP contribution in [0.5, 0.6) is 0 Å². The summed E-state index contributed by atoms with van der Waals surface area (Å²) in [6, 6.07) is 2.37. The van der Waals surface area contributed by atoms with Crippen molar-refractivity contribution in [1.29, 1.82) is 0 Å². The Morgan fingerprint density at radius 3 is 2.48 bits per heavy atom. The number of rotatable bonds is 6. The lowest BCUT2D eigenvalue weighted by Gasteiger charge is -2.25. The Balaban J connectivity index is 2.65. The summed E-state index contributed by atoms with van der Waals surface area (Å²) in [5.41, 5.74) is 0.751. The number of alkyl halides is 1. The van der Waals surface area contributed by atoms with Gasteiger partial charge in [-0.25, -0.2) is 13.8 Å². The van der Waals surface area contributed by atoms with Gasteiger partial charge in [0.2, 0.25) is 0 Å². The van der Waals surface area contributed by atoms with Gasteiger partial charge in [0.05, 0.1) is 5.52 Å². The van der Waals surface area contributed by atoms with Crippen molar-refractivity contribution in [2.75, 3.05) is 5.88 Å². The molecule has 0 radical (unpaired) electrons. The number of hydrogen-bond acceptors (Lipinski definition) is 1. The summed E-state index contributed by atoms with van der Waals surface area (Å²) < 4.78 is 29.5. The second-order valence-corrected chi connectivity index (χ2v) is 5.79. The van der Waals surface area contributed by atoms with E-state index in [1.165, 1.54) is 6.07 Å².